The molecule has 2 nitrogen and oxygen atoms in total. The third-order valence-electron chi connectivity index (χ3n) is 14.4. The number of fused-ring (bicyclic) bond motifs is 13. The van der Waals surface area contributed by atoms with Crippen LogP contribution in [-0.4, -0.2) is 0 Å². The second-order valence-corrected chi connectivity index (χ2v) is 18.8. The maximum absolute atomic E-state index is 7.02. The normalized spacial score (nSPS) is 14.1. The minimum Gasteiger partial charge on any atom is -0.455 e. The van der Waals surface area contributed by atoms with Crippen LogP contribution >= 0.6 is 0 Å². The lowest BCUT2D eigenvalue weighted by Gasteiger charge is -2.31. The Morgan fingerprint density at radius 2 is 0.972 bits per heavy atom. The number of hydrogen-bond acceptors (Lipinski definition) is 2. The molecule has 0 amide bonds. The highest BCUT2D eigenvalue weighted by Crippen LogP contribution is 2.66. The van der Waals surface area contributed by atoms with Crippen LogP contribution in [-0.2, 0) is 5.41 Å². The quantitative estimate of drug-likeness (QED) is 0.176. The lowest BCUT2D eigenvalue weighted by Crippen LogP contribution is -2.26. The van der Waals surface area contributed by atoms with Gasteiger partial charge in [-0.2, -0.15) is 0 Å². The number of benzene rings is 9. The summed E-state index contributed by atoms with van der Waals surface area (Å²) in [6, 6.07) is 79.6. The monoisotopic (exact) mass is 930 g/mol. The zero-order chi connectivity index (χ0) is 49.2. The zero-order valence-corrected chi connectivity index (χ0v) is 41.7. The van der Waals surface area contributed by atoms with Crippen LogP contribution in [0.4, 0.5) is 0 Å². The van der Waals surface area contributed by atoms with Crippen molar-refractivity contribution in [2.75, 3.05) is 0 Å². The SMILES string of the molecule is CC.CC1C=CC(c2ccccc2)=CC1.Cc1ccc(-c2cccc3c2oc2ccccc23)cc1.Cc1cccc2c1-c1oc(-c3ccccc3)c(-c3ccccc3)c1C21c2ccccc2-c2ccccc21. The fraction of sp³-hybridized carbons (Fsp3) is 0.114. The molecule has 0 bridgehead atoms. The zero-order valence-electron chi connectivity index (χ0n) is 41.7. The summed E-state index contributed by atoms with van der Waals surface area (Å²) in [5.41, 5.74) is 21.6. The Morgan fingerprint density at radius 1 is 0.431 bits per heavy atom. The van der Waals surface area contributed by atoms with E-state index in [0.29, 0.717) is 5.92 Å². The number of para-hydroxylation sites is 2. The van der Waals surface area contributed by atoms with Crippen molar-refractivity contribution >= 4 is 27.5 Å². The van der Waals surface area contributed by atoms with Gasteiger partial charge in [-0.05, 0) is 87.9 Å². The molecule has 2 heterocycles. The number of rotatable bonds is 4. The van der Waals surface area contributed by atoms with Crippen molar-refractivity contribution in [2.45, 2.75) is 46.5 Å². The summed E-state index contributed by atoms with van der Waals surface area (Å²) in [6.45, 7) is 10.6. The second-order valence-electron chi connectivity index (χ2n) is 18.8. The number of allylic oxidation sites excluding steroid dienone is 4. The minimum absolute atomic E-state index is 0.439. The standard InChI is InChI=1S/C36H24O.C19H14O.C13H14.C2H6/c1-23-13-12-22-30-31(23)35-33(36(30)28-20-10-8-18-26(28)27-19-9-11-21-29(27)36)32(24-14-4-2-5-15-24)34(37-35)25-16-6-3-7-17-25;1-13-9-11-14(12-10-13)15-6-4-7-17-16-5-2-3-8-18(16)20-19(15)17;1-11-7-9-13(10-8-11)12-5-3-2-4-6-12;1-2/h2-22H,1H3;2-12H,1H3;2-7,9-11H,8H2,1H3;1-2H3. The van der Waals surface area contributed by atoms with E-state index in [0.717, 1.165) is 33.8 Å². The molecule has 14 rings (SSSR count). The number of hydrogen-bond donors (Lipinski definition) is 0. The van der Waals surface area contributed by atoms with Gasteiger partial charge >= 0.3 is 0 Å². The first kappa shape index (κ1) is 46.0. The van der Waals surface area contributed by atoms with Gasteiger partial charge in [0.05, 0.1) is 5.41 Å². The minimum atomic E-state index is -0.439. The predicted octanol–water partition coefficient (Wildman–Crippen LogP) is 19.5. The molecule has 1 unspecified atom stereocenters. The van der Waals surface area contributed by atoms with Gasteiger partial charge in [0.2, 0.25) is 0 Å². The van der Waals surface area contributed by atoms with Gasteiger partial charge in [-0.15, -0.1) is 0 Å². The lowest BCUT2D eigenvalue weighted by atomic mass is 9.69. The third-order valence-corrected chi connectivity index (χ3v) is 14.4. The maximum atomic E-state index is 7.02. The van der Waals surface area contributed by atoms with Crippen LogP contribution < -0.4 is 0 Å². The lowest BCUT2D eigenvalue weighted by molar-refractivity contribution is 0.596. The van der Waals surface area contributed by atoms with E-state index in [1.54, 1.807) is 0 Å². The molecule has 2 aromatic heterocycles. The highest BCUT2D eigenvalue weighted by atomic mass is 16.3. The number of aryl methyl sites for hydroxylation is 2. The molecule has 1 spiro atoms. The van der Waals surface area contributed by atoms with Crippen LogP contribution in [0.2, 0.25) is 0 Å². The molecule has 3 aliphatic carbocycles. The average Bonchev–Trinajstić information content (AvgIpc) is 4.19. The van der Waals surface area contributed by atoms with E-state index in [1.807, 2.05) is 26.0 Å². The average molecular weight is 931 g/mol. The fourth-order valence-electron chi connectivity index (χ4n) is 11.1. The Bertz CT molecular complexity index is 3710. The Morgan fingerprint density at radius 3 is 1.62 bits per heavy atom. The van der Waals surface area contributed by atoms with Gasteiger partial charge in [0.1, 0.15) is 22.7 Å². The van der Waals surface area contributed by atoms with E-state index in [-0.39, 0.29) is 0 Å². The largest absolute Gasteiger partial charge is 0.455 e. The second kappa shape index (κ2) is 19.7. The fourth-order valence-corrected chi connectivity index (χ4v) is 11.1. The molecule has 9 aromatic carbocycles. The molecule has 1 atom stereocenters. The molecule has 2 heteroatoms. The third kappa shape index (κ3) is 7.94. The van der Waals surface area contributed by atoms with E-state index in [2.05, 4.69) is 251 Å². The highest BCUT2D eigenvalue weighted by Gasteiger charge is 2.55. The molecule has 0 saturated heterocycles. The molecule has 0 fully saturated rings. The summed E-state index contributed by atoms with van der Waals surface area (Å²) in [4.78, 5) is 0. The molecular weight excluding hydrogens is 873 g/mol. The van der Waals surface area contributed by atoms with Crippen LogP contribution in [0.5, 0.6) is 0 Å². The van der Waals surface area contributed by atoms with Crippen LogP contribution in [0.3, 0.4) is 0 Å². The van der Waals surface area contributed by atoms with Gasteiger partial charge in [0.15, 0.2) is 0 Å². The highest BCUT2D eigenvalue weighted by molar-refractivity contribution is 6.09. The first-order chi connectivity index (χ1) is 35.5. The summed E-state index contributed by atoms with van der Waals surface area (Å²) in [5.74, 6) is 2.64. The molecule has 0 radical (unpaired) electrons. The van der Waals surface area contributed by atoms with Crippen molar-refractivity contribution in [1.29, 1.82) is 0 Å². The van der Waals surface area contributed by atoms with Gasteiger partial charge in [-0.1, -0.05) is 263 Å². The van der Waals surface area contributed by atoms with Gasteiger partial charge in [-0.25, -0.2) is 0 Å². The Labute approximate surface area is 424 Å². The predicted molar refractivity (Wildman–Crippen MR) is 303 cm³/mol. The molecule has 0 aliphatic heterocycles. The van der Waals surface area contributed by atoms with E-state index >= 15 is 0 Å². The first-order valence-corrected chi connectivity index (χ1v) is 25.5. The van der Waals surface area contributed by atoms with E-state index in [1.165, 1.54) is 95.1 Å². The molecule has 0 N–H and O–H groups in total. The van der Waals surface area contributed by atoms with Crippen molar-refractivity contribution < 1.29 is 8.83 Å². The summed E-state index contributed by atoms with van der Waals surface area (Å²) < 4.78 is 13.1. The van der Waals surface area contributed by atoms with E-state index < -0.39 is 5.41 Å². The Hall–Kier alpha value is -8.46. The topological polar surface area (TPSA) is 26.3 Å². The molecule has 72 heavy (non-hydrogen) atoms. The van der Waals surface area contributed by atoms with Crippen LogP contribution in [0, 0.1) is 19.8 Å². The van der Waals surface area contributed by atoms with Crippen molar-refractivity contribution in [3.05, 3.63) is 282 Å². The van der Waals surface area contributed by atoms with Gasteiger partial charge in [0, 0.05) is 38.6 Å². The van der Waals surface area contributed by atoms with Crippen LogP contribution in [0.15, 0.2) is 252 Å². The van der Waals surface area contributed by atoms with Gasteiger partial charge < -0.3 is 8.83 Å². The van der Waals surface area contributed by atoms with Crippen molar-refractivity contribution in [3.8, 4) is 56.0 Å². The Balaban J connectivity index is 0.000000133. The summed E-state index contributed by atoms with van der Waals surface area (Å²) in [7, 11) is 0. The molecule has 11 aromatic rings. The van der Waals surface area contributed by atoms with Crippen LogP contribution in [0.25, 0.3) is 83.5 Å². The Kier molecular flexibility index (Phi) is 12.6. The summed E-state index contributed by atoms with van der Waals surface area (Å²) in [6.07, 6.45) is 7.99. The summed E-state index contributed by atoms with van der Waals surface area (Å²) >= 11 is 0. The molecular formula is C70H58O2. The molecule has 3 aliphatic rings. The van der Waals surface area contributed by atoms with E-state index in [9.17, 15) is 0 Å². The van der Waals surface area contributed by atoms with Gasteiger partial charge in [0.25, 0.3) is 0 Å². The van der Waals surface area contributed by atoms with Crippen molar-refractivity contribution in [1.82, 2.24) is 0 Å². The van der Waals surface area contributed by atoms with E-state index in [4.69, 9.17) is 8.83 Å². The van der Waals surface area contributed by atoms with Crippen LogP contribution in [0.1, 0.15) is 66.1 Å². The molecule has 0 saturated carbocycles. The van der Waals surface area contributed by atoms with Gasteiger partial charge in [-0.3, -0.25) is 0 Å². The smallest absolute Gasteiger partial charge is 0.143 e. The maximum Gasteiger partial charge on any atom is 0.143 e. The summed E-state index contributed by atoms with van der Waals surface area (Å²) in [5, 5.41) is 2.36. The molecule has 350 valence electrons. The van der Waals surface area contributed by atoms with Crippen molar-refractivity contribution in [3.63, 3.8) is 0 Å². The first-order valence-electron chi connectivity index (χ1n) is 25.5. The van der Waals surface area contributed by atoms with Crippen molar-refractivity contribution in [2.24, 2.45) is 5.92 Å². The number of furan rings is 2.